The normalized spacial score (nSPS) is 21.4. The lowest BCUT2D eigenvalue weighted by Gasteiger charge is -2.07. The number of aromatic nitrogens is 1. The Morgan fingerprint density at radius 2 is 2.14 bits per heavy atom. The number of nitrogens with one attached hydrogen (secondary N) is 1. The van der Waals surface area contributed by atoms with Crippen LogP contribution in [-0.2, 0) is 4.79 Å². The third-order valence-electron chi connectivity index (χ3n) is 2.57. The average molecular weight is 193 g/mol. The van der Waals surface area contributed by atoms with Gasteiger partial charge >= 0.3 is 0 Å². The molecule has 1 heterocycles. The summed E-state index contributed by atoms with van der Waals surface area (Å²) in [6, 6.07) is 2.97. The minimum Gasteiger partial charge on any atom is -0.495 e. The van der Waals surface area contributed by atoms with Crippen molar-refractivity contribution in [3.63, 3.8) is 0 Å². The van der Waals surface area contributed by atoms with Crippen molar-refractivity contribution in [2.75, 3.05) is 0 Å². The summed E-state index contributed by atoms with van der Waals surface area (Å²) in [7, 11) is 0. The SMILES string of the molecule is O=C1CCC(c2cc(O)[nH]c(=O)c2)C1. The summed E-state index contributed by atoms with van der Waals surface area (Å²) in [6.07, 6.45) is 1.85. The van der Waals surface area contributed by atoms with Gasteiger partial charge in [0.2, 0.25) is 0 Å². The number of aromatic amines is 1. The lowest BCUT2D eigenvalue weighted by atomic mass is 9.99. The number of carbonyl (C=O) groups is 1. The van der Waals surface area contributed by atoms with Gasteiger partial charge in [0, 0.05) is 25.0 Å². The van der Waals surface area contributed by atoms with Gasteiger partial charge in [0.15, 0.2) is 5.88 Å². The van der Waals surface area contributed by atoms with Gasteiger partial charge in [0.05, 0.1) is 0 Å². The van der Waals surface area contributed by atoms with Crippen molar-refractivity contribution in [3.05, 3.63) is 28.0 Å². The number of aromatic hydroxyl groups is 1. The Morgan fingerprint density at radius 1 is 1.36 bits per heavy atom. The number of ketones is 1. The van der Waals surface area contributed by atoms with Gasteiger partial charge in [-0.25, -0.2) is 0 Å². The maximum absolute atomic E-state index is 11.0. The molecule has 0 amide bonds. The number of H-pyrrole nitrogens is 1. The van der Waals surface area contributed by atoms with Crippen molar-refractivity contribution < 1.29 is 9.90 Å². The molecule has 1 atom stereocenters. The molecular formula is C10H11NO3. The molecule has 4 nitrogen and oxygen atoms in total. The molecule has 0 aliphatic heterocycles. The highest BCUT2D eigenvalue weighted by molar-refractivity contribution is 5.81. The standard InChI is InChI=1S/C10H11NO3/c12-8-2-1-6(3-8)7-4-9(13)11-10(14)5-7/h4-6H,1-3H2,(H2,11,13,14). The molecule has 74 valence electrons. The molecule has 4 heteroatoms. The largest absolute Gasteiger partial charge is 0.495 e. The first kappa shape index (κ1) is 8.99. The summed E-state index contributed by atoms with van der Waals surface area (Å²) in [4.78, 5) is 24.4. The molecular weight excluding hydrogens is 182 g/mol. The Labute approximate surface area is 80.6 Å². The van der Waals surface area contributed by atoms with Crippen LogP contribution < -0.4 is 5.56 Å². The van der Waals surface area contributed by atoms with Gasteiger partial charge in [-0.1, -0.05) is 0 Å². The van der Waals surface area contributed by atoms with Crippen LogP contribution >= 0.6 is 0 Å². The van der Waals surface area contributed by atoms with Crippen LogP contribution in [-0.4, -0.2) is 15.9 Å². The molecule has 0 spiro atoms. The van der Waals surface area contributed by atoms with Crippen LogP contribution in [0.1, 0.15) is 30.7 Å². The number of Topliss-reactive ketones (excluding diaryl/α,β-unsaturated/α-hetero) is 1. The summed E-state index contributed by atoms with van der Waals surface area (Å²) in [6.45, 7) is 0. The monoisotopic (exact) mass is 193 g/mol. The van der Waals surface area contributed by atoms with Crippen molar-refractivity contribution in [3.8, 4) is 5.88 Å². The van der Waals surface area contributed by atoms with E-state index in [1.165, 1.54) is 12.1 Å². The highest BCUT2D eigenvalue weighted by atomic mass is 16.3. The average Bonchev–Trinajstić information content (AvgIpc) is 2.50. The third kappa shape index (κ3) is 1.69. The zero-order valence-electron chi connectivity index (χ0n) is 7.62. The molecule has 1 aromatic heterocycles. The van der Waals surface area contributed by atoms with E-state index in [0.29, 0.717) is 12.8 Å². The molecule has 1 aliphatic carbocycles. The van der Waals surface area contributed by atoms with Crippen molar-refractivity contribution in [1.82, 2.24) is 4.98 Å². The Kier molecular flexibility index (Phi) is 2.11. The quantitative estimate of drug-likeness (QED) is 0.696. The van der Waals surface area contributed by atoms with Gasteiger partial charge in [0.1, 0.15) is 5.78 Å². The molecule has 2 N–H and O–H groups in total. The predicted molar refractivity (Wildman–Crippen MR) is 50.3 cm³/mol. The van der Waals surface area contributed by atoms with Crippen LogP contribution in [0.15, 0.2) is 16.9 Å². The molecule has 1 saturated carbocycles. The second kappa shape index (κ2) is 3.29. The summed E-state index contributed by atoms with van der Waals surface area (Å²) in [5.41, 5.74) is 0.441. The van der Waals surface area contributed by atoms with E-state index >= 15 is 0 Å². The maximum atomic E-state index is 11.0. The van der Waals surface area contributed by atoms with E-state index in [0.717, 1.165) is 12.0 Å². The fraction of sp³-hybridized carbons (Fsp3) is 0.400. The van der Waals surface area contributed by atoms with Gasteiger partial charge in [-0.2, -0.15) is 0 Å². The summed E-state index contributed by atoms with van der Waals surface area (Å²) < 4.78 is 0. The fourth-order valence-corrected chi connectivity index (χ4v) is 1.88. The van der Waals surface area contributed by atoms with Crippen LogP contribution in [0.3, 0.4) is 0 Å². The first-order valence-corrected chi connectivity index (χ1v) is 4.60. The van der Waals surface area contributed by atoms with Gasteiger partial charge in [-0.15, -0.1) is 0 Å². The molecule has 1 fully saturated rings. The second-order valence-electron chi connectivity index (χ2n) is 3.64. The highest BCUT2D eigenvalue weighted by Crippen LogP contribution is 2.31. The van der Waals surface area contributed by atoms with Crippen molar-refractivity contribution in [1.29, 1.82) is 0 Å². The molecule has 1 aliphatic rings. The molecule has 1 aromatic rings. The Bertz CT molecular complexity index is 422. The summed E-state index contributed by atoms with van der Waals surface area (Å²) in [5.74, 6) is 0.206. The Morgan fingerprint density at radius 3 is 2.71 bits per heavy atom. The van der Waals surface area contributed by atoms with Gasteiger partial charge in [-0.05, 0) is 17.9 Å². The predicted octanol–water partition coefficient (Wildman–Crippen LogP) is 0.917. The number of rotatable bonds is 1. The van der Waals surface area contributed by atoms with E-state index in [2.05, 4.69) is 4.98 Å². The first-order chi connectivity index (χ1) is 6.65. The van der Waals surface area contributed by atoms with E-state index in [4.69, 9.17) is 0 Å². The Balaban J connectivity index is 2.32. The van der Waals surface area contributed by atoms with Gasteiger partial charge in [0.25, 0.3) is 5.56 Å². The molecule has 0 radical (unpaired) electrons. The van der Waals surface area contributed by atoms with Gasteiger partial charge in [-0.3, -0.25) is 14.6 Å². The van der Waals surface area contributed by atoms with E-state index in [1.807, 2.05) is 0 Å². The van der Waals surface area contributed by atoms with E-state index in [-0.39, 0.29) is 23.1 Å². The zero-order chi connectivity index (χ0) is 10.1. The molecule has 1 unspecified atom stereocenters. The van der Waals surface area contributed by atoms with Crippen LogP contribution in [0.4, 0.5) is 0 Å². The van der Waals surface area contributed by atoms with E-state index in [1.54, 1.807) is 0 Å². The maximum Gasteiger partial charge on any atom is 0.250 e. The summed E-state index contributed by atoms with van der Waals surface area (Å²) in [5, 5.41) is 9.18. The lowest BCUT2D eigenvalue weighted by Crippen LogP contribution is -2.07. The number of hydrogen-bond donors (Lipinski definition) is 2. The lowest BCUT2D eigenvalue weighted by molar-refractivity contribution is -0.117. The van der Waals surface area contributed by atoms with Crippen LogP contribution in [0.2, 0.25) is 0 Å². The molecule has 0 bridgehead atoms. The van der Waals surface area contributed by atoms with Crippen molar-refractivity contribution >= 4 is 5.78 Å². The zero-order valence-corrected chi connectivity index (χ0v) is 7.62. The Hall–Kier alpha value is -1.58. The topological polar surface area (TPSA) is 70.2 Å². The van der Waals surface area contributed by atoms with E-state index < -0.39 is 0 Å². The fourth-order valence-electron chi connectivity index (χ4n) is 1.88. The third-order valence-corrected chi connectivity index (χ3v) is 2.57. The molecule has 0 aromatic carbocycles. The minimum atomic E-state index is -0.320. The minimum absolute atomic E-state index is 0.107. The number of carbonyl (C=O) groups excluding carboxylic acids is 1. The second-order valence-corrected chi connectivity index (χ2v) is 3.64. The van der Waals surface area contributed by atoms with Crippen LogP contribution in [0, 0.1) is 0 Å². The summed E-state index contributed by atoms with van der Waals surface area (Å²) >= 11 is 0. The number of hydrogen-bond acceptors (Lipinski definition) is 3. The van der Waals surface area contributed by atoms with Crippen LogP contribution in [0.25, 0.3) is 0 Å². The van der Waals surface area contributed by atoms with Gasteiger partial charge < -0.3 is 5.11 Å². The highest BCUT2D eigenvalue weighted by Gasteiger charge is 2.24. The van der Waals surface area contributed by atoms with E-state index in [9.17, 15) is 14.7 Å². The molecule has 2 rings (SSSR count). The molecule has 0 saturated heterocycles. The van der Waals surface area contributed by atoms with Crippen molar-refractivity contribution in [2.24, 2.45) is 0 Å². The first-order valence-electron chi connectivity index (χ1n) is 4.60. The van der Waals surface area contributed by atoms with Crippen LogP contribution in [0.5, 0.6) is 5.88 Å². The van der Waals surface area contributed by atoms with Crippen molar-refractivity contribution in [2.45, 2.75) is 25.2 Å². The smallest absolute Gasteiger partial charge is 0.250 e. The number of pyridine rings is 1. The molecule has 14 heavy (non-hydrogen) atoms.